The number of aliphatic hydroxyl groups excluding tert-OH is 1. The number of pyridine rings is 1. The summed E-state index contributed by atoms with van der Waals surface area (Å²) in [6.07, 6.45) is 2.82. The zero-order valence-electron chi connectivity index (χ0n) is 11.6. The smallest absolute Gasteiger partial charge is 0.255 e. The van der Waals surface area contributed by atoms with E-state index in [0.29, 0.717) is 24.5 Å². The third-order valence-corrected chi connectivity index (χ3v) is 4.33. The molecule has 5 nitrogen and oxygen atoms in total. The van der Waals surface area contributed by atoms with E-state index in [1.54, 1.807) is 23.2 Å². The van der Waals surface area contributed by atoms with Crippen molar-refractivity contribution in [1.82, 2.24) is 9.88 Å². The molecule has 1 atom stereocenters. The van der Waals surface area contributed by atoms with Gasteiger partial charge in [0, 0.05) is 31.1 Å². The third-order valence-electron chi connectivity index (χ3n) is 3.20. The van der Waals surface area contributed by atoms with Crippen LogP contribution >= 0.6 is 11.8 Å². The summed E-state index contributed by atoms with van der Waals surface area (Å²) in [5.74, 6) is 2.59. The lowest BCUT2D eigenvalue weighted by atomic mass is 10.2. The van der Waals surface area contributed by atoms with Crippen LogP contribution in [0.1, 0.15) is 23.7 Å². The number of aromatic nitrogens is 1. The van der Waals surface area contributed by atoms with Gasteiger partial charge in [-0.1, -0.05) is 0 Å². The molecule has 1 unspecified atom stereocenters. The number of hydrogen-bond donors (Lipinski definition) is 1. The van der Waals surface area contributed by atoms with Gasteiger partial charge in [0.2, 0.25) is 5.88 Å². The van der Waals surface area contributed by atoms with Crippen molar-refractivity contribution in [1.29, 1.82) is 0 Å². The second kappa shape index (κ2) is 7.50. The lowest BCUT2D eigenvalue weighted by Crippen LogP contribution is -2.33. The molecule has 6 heteroatoms. The van der Waals surface area contributed by atoms with Gasteiger partial charge < -0.3 is 14.7 Å². The maximum absolute atomic E-state index is 12.2. The first-order valence-corrected chi connectivity index (χ1v) is 8.00. The quantitative estimate of drug-likeness (QED) is 0.860. The molecule has 1 aromatic rings. The predicted octanol–water partition coefficient (Wildman–Crippen LogP) is 1.42. The Bertz CT molecular complexity index is 433. The number of rotatable bonds is 6. The summed E-state index contributed by atoms with van der Waals surface area (Å²) < 4.78 is 5.75. The minimum absolute atomic E-state index is 0.0342. The second-order valence-electron chi connectivity index (χ2n) is 4.60. The molecular weight excluding hydrogens is 276 g/mol. The van der Waals surface area contributed by atoms with E-state index in [4.69, 9.17) is 9.84 Å². The van der Waals surface area contributed by atoms with Crippen molar-refractivity contribution in [3.8, 4) is 5.88 Å². The lowest BCUT2D eigenvalue weighted by molar-refractivity contribution is 0.0731. The van der Waals surface area contributed by atoms with E-state index in [1.807, 2.05) is 18.7 Å². The van der Waals surface area contributed by atoms with Crippen LogP contribution in [-0.2, 0) is 0 Å². The first kappa shape index (κ1) is 15.1. The minimum atomic E-state index is -0.114. The molecule has 1 amide bonds. The highest BCUT2D eigenvalue weighted by Gasteiger charge is 2.18. The summed E-state index contributed by atoms with van der Waals surface area (Å²) in [7, 11) is 0. The first-order chi connectivity index (χ1) is 9.74. The van der Waals surface area contributed by atoms with Crippen molar-refractivity contribution in [3.63, 3.8) is 0 Å². The van der Waals surface area contributed by atoms with Gasteiger partial charge in [0.25, 0.3) is 5.91 Å². The number of amides is 1. The number of carbonyl (C=O) groups excluding carboxylic acids is 1. The fourth-order valence-corrected chi connectivity index (χ4v) is 3.15. The number of thioether (sulfide) groups is 1. The Morgan fingerprint density at radius 2 is 2.45 bits per heavy atom. The number of aliphatic hydroxyl groups is 1. The monoisotopic (exact) mass is 296 g/mol. The standard InChI is InChI=1S/C14H20N2O3S/c1-2-16(6-7-17)14(18)11-3-4-13(15-9-11)19-12-5-8-20-10-12/h3-4,9,12,17H,2,5-8,10H2,1H3. The van der Waals surface area contributed by atoms with Crippen LogP contribution in [-0.4, -0.2) is 58.2 Å². The summed E-state index contributed by atoms with van der Waals surface area (Å²) in [4.78, 5) is 17.9. The number of carbonyl (C=O) groups is 1. The summed E-state index contributed by atoms with van der Waals surface area (Å²) in [5.41, 5.74) is 0.522. The van der Waals surface area contributed by atoms with Gasteiger partial charge in [0.15, 0.2) is 0 Å². The Morgan fingerprint density at radius 1 is 1.60 bits per heavy atom. The van der Waals surface area contributed by atoms with Crippen molar-refractivity contribution >= 4 is 17.7 Å². The van der Waals surface area contributed by atoms with Gasteiger partial charge >= 0.3 is 0 Å². The number of ether oxygens (including phenoxy) is 1. The predicted molar refractivity (Wildman–Crippen MR) is 79.3 cm³/mol. The van der Waals surface area contributed by atoms with Crippen molar-refractivity contribution in [3.05, 3.63) is 23.9 Å². The summed E-state index contributed by atoms with van der Waals surface area (Å²) >= 11 is 1.88. The highest BCUT2D eigenvalue weighted by molar-refractivity contribution is 7.99. The molecular formula is C14H20N2O3S. The zero-order chi connectivity index (χ0) is 14.4. The Labute approximate surface area is 123 Å². The van der Waals surface area contributed by atoms with E-state index >= 15 is 0 Å². The number of likely N-dealkylation sites (N-methyl/N-ethyl adjacent to an activating group) is 1. The molecule has 1 saturated heterocycles. The maximum atomic E-state index is 12.2. The first-order valence-electron chi connectivity index (χ1n) is 6.85. The van der Waals surface area contributed by atoms with Gasteiger partial charge in [-0.15, -0.1) is 0 Å². The fraction of sp³-hybridized carbons (Fsp3) is 0.571. The largest absolute Gasteiger partial charge is 0.473 e. The van der Waals surface area contributed by atoms with Crippen molar-refractivity contribution in [2.24, 2.45) is 0 Å². The maximum Gasteiger partial charge on any atom is 0.255 e. The zero-order valence-corrected chi connectivity index (χ0v) is 12.4. The Morgan fingerprint density at radius 3 is 3.00 bits per heavy atom. The average Bonchev–Trinajstić information content (AvgIpc) is 2.98. The molecule has 2 heterocycles. The molecule has 0 bridgehead atoms. The second-order valence-corrected chi connectivity index (χ2v) is 5.75. The van der Waals surface area contributed by atoms with E-state index < -0.39 is 0 Å². The van der Waals surface area contributed by atoms with E-state index in [1.165, 1.54) is 0 Å². The fourth-order valence-electron chi connectivity index (χ4n) is 2.06. The van der Waals surface area contributed by atoms with Crippen LogP contribution in [0.4, 0.5) is 0 Å². The van der Waals surface area contributed by atoms with Crippen LogP contribution in [0.3, 0.4) is 0 Å². The molecule has 1 N–H and O–H groups in total. The summed E-state index contributed by atoms with van der Waals surface area (Å²) in [6, 6.07) is 3.47. The van der Waals surface area contributed by atoms with Gasteiger partial charge in [-0.25, -0.2) is 4.98 Å². The molecule has 1 fully saturated rings. The minimum Gasteiger partial charge on any atom is -0.473 e. The number of hydrogen-bond acceptors (Lipinski definition) is 5. The highest BCUT2D eigenvalue weighted by Crippen LogP contribution is 2.22. The highest BCUT2D eigenvalue weighted by atomic mass is 32.2. The molecule has 0 aromatic carbocycles. The van der Waals surface area contributed by atoms with Crippen LogP contribution in [0.15, 0.2) is 18.3 Å². The van der Waals surface area contributed by atoms with Gasteiger partial charge in [0.05, 0.1) is 12.2 Å². The van der Waals surface area contributed by atoms with E-state index in [-0.39, 0.29) is 18.6 Å². The lowest BCUT2D eigenvalue weighted by Gasteiger charge is -2.19. The van der Waals surface area contributed by atoms with Crippen LogP contribution in [0, 0.1) is 0 Å². The van der Waals surface area contributed by atoms with E-state index in [9.17, 15) is 4.79 Å². The van der Waals surface area contributed by atoms with Gasteiger partial charge in [-0.3, -0.25) is 4.79 Å². The normalized spacial score (nSPS) is 18.0. The van der Waals surface area contributed by atoms with Crippen LogP contribution < -0.4 is 4.74 Å². The molecule has 1 aromatic heterocycles. The van der Waals surface area contributed by atoms with Gasteiger partial charge in [-0.2, -0.15) is 11.8 Å². The molecule has 1 aliphatic heterocycles. The topological polar surface area (TPSA) is 62.7 Å². The molecule has 0 radical (unpaired) electrons. The average molecular weight is 296 g/mol. The molecule has 0 spiro atoms. The van der Waals surface area contributed by atoms with Gasteiger partial charge in [-0.05, 0) is 25.2 Å². The van der Waals surface area contributed by atoms with Crippen LogP contribution in [0.2, 0.25) is 0 Å². The Balaban J connectivity index is 1.97. The Kier molecular flexibility index (Phi) is 5.67. The SMILES string of the molecule is CCN(CCO)C(=O)c1ccc(OC2CCSC2)nc1. The van der Waals surface area contributed by atoms with Gasteiger partial charge in [0.1, 0.15) is 6.10 Å². The van der Waals surface area contributed by atoms with Crippen LogP contribution in [0.5, 0.6) is 5.88 Å². The molecule has 110 valence electrons. The van der Waals surface area contributed by atoms with E-state index in [0.717, 1.165) is 17.9 Å². The van der Waals surface area contributed by atoms with Crippen molar-refractivity contribution in [2.75, 3.05) is 31.2 Å². The third kappa shape index (κ3) is 3.86. The molecule has 0 aliphatic carbocycles. The van der Waals surface area contributed by atoms with E-state index in [2.05, 4.69) is 4.98 Å². The van der Waals surface area contributed by atoms with Crippen molar-refractivity contribution in [2.45, 2.75) is 19.4 Å². The Hall–Kier alpha value is -1.27. The van der Waals surface area contributed by atoms with Crippen LogP contribution in [0.25, 0.3) is 0 Å². The van der Waals surface area contributed by atoms with Crippen molar-refractivity contribution < 1.29 is 14.6 Å². The molecule has 2 rings (SSSR count). The molecule has 1 aliphatic rings. The number of nitrogens with zero attached hydrogens (tertiary/aromatic N) is 2. The molecule has 0 saturated carbocycles. The summed E-state index contributed by atoms with van der Waals surface area (Å²) in [5, 5.41) is 8.94. The summed E-state index contributed by atoms with van der Waals surface area (Å²) in [6.45, 7) is 2.76. The molecule has 20 heavy (non-hydrogen) atoms.